The quantitative estimate of drug-likeness (QED) is 0.841. The number of methoxy groups -OCH3 is 2. The molecule has 1 saturated carbocycles. The van der Waals surface area contributed by atoms with Gasteiger partial charge in [0, 0.05) is 23.1 Å². The van der Waals surface area contributed by atoms with E-state index in [4.69, 9.17) is 9.47 Å². The Bertz CT molecular complexity index is 643. The number of hydrogen-bond donors (Lipinski definition) is 1. The summed E-state index contributed by atoms with van der Waals surface area (Å²) in [5.74, 6) is 2.46. The van der Waals surface area contributed by atoms with E-state index in [0.717, 1.165) is 36.6 Å². The fourth-order valence-electron chi connectivity index (χ4n) is 2.86. The van der Waals surface area contributed by atoms with Gasteiger partial charge in [-0.2, -0.15) is 0 Å². The Morgan fingerprint density at radius 3 is 2.82 bits per heavy atom. The molecule has 2 unspecified atom stereocenters. The molecule has 118 valence electrons. The molecule has 1 aromatic heterocycles. The van der Waals surface area contributed by atoms with Crippen LogP contribution in [0.15, 0.2) is 29.0 Å². The van der Waals surface area contributed by atoms with E-state index in [1.165, 1.54) is 11.6 Å². The summed E-state index contributed by atoms with van der Waals surface area (Å²) in [7, 11) is 3.33. The van der Waals surface area contributed by atoms with Crippen LogP contribution in [0.2, 0.25) is 0 Å². The molecule has 1 N–H and O–H groups in total. The third kappa shape index (κ3) is 3.25. The Labute approximate surface area is 134 Å². The predicted octanol–water partition coefficient (Wildman–Crippen LogP) is 3.80. The number of benzene rings is 1. The molecule has 1 heterocycles. The smallest absolute Gasteiger partial charge is 0.134 e. The molecule has 1 aliphatic carbocycles. The third-order valence-electron chi connectivity index (χ3n) is 4.16. The molecule has 3 rings (SSSR count). The minimum Gasteiger partial charge on any atom is -0.496 e. The zero-order chi connectivity index (χ0) is 15.5. The van der Waals surface area contributed by atoms with Crippen LogP contribution >= 0.6 is 11.3 Å². The van der Waals surface area contributed by atoms with Gasteiger partial charge in [0.05, 0.1) is 14.2 Å². The SMILES string of the molecule is COc1cscc1CNCC1CC1c1cc(F)ccc1OC. The lowest BCUT2D eigenvalue weighted by Crippen LogP contribution is -2.16. The fraction of sp³-hybridized carbons (Fsp3) is 0.412. The Balaban J connectivity index is 1.54. The first-order valence-corrected chi connectivity index (χ1v) is 8.30. The molecule has 0 saturated heterocycles. The molecule has 5 heteroatoms. The van der Waals surface area contributed by atoms with Gasteiger partial charge in [0.15, 0.2) is 0 Å². The predicted molar refractivity (Wildman–Crippen MR) is 86.4 cm³/mol. The van der Waals surface area contributed by atoms with E-state index in [2.05, 4.69) is 10.7 Å². The fourth-order valence-corrected chi connectivity index (χ4v) is 3.66. The number of hydrogen-bond acceptors (Lipinski definition) is 4. The Kier molecular flexibility index (Phi) is 4.64. The van der Waals surface area contributed by atoms with E-state index >= 15 is 0 Å². The summed E-state index contributed by atoms with van der Waals surface area (Å²) in [6.07, 6.45) is 1.08. The van der Waals surface area contributed by atoms with Crippen LogP contribution in [0.5, 0.6) is 11.5 Å². The summed E-state index contributed by atoms with van der Waals surface area (Å²) in [4.78, 5) is 0. The Morgan fingerprint density at radius 1 is 1.23 bits per heavy atom. The maximum atomic E-state index is 13.4. The van der Waals surface area contributed by atoms with Crippen LogP contribution in [0.4, 0.5) is 4.39 Å². The van der Waals surface area contributed by atoms with Gasteiger partial charge in [-0.25, -0.2) is 4.39 Å². The molecule has 0 radical (unpaired) electrons. The maximum absolute atomic E-state index is 13.4. The second kappa shape index (κ2) is 6.67. The molecule has 1 aliphatic rings. The van der Waals surface area contributed by atoms with Crippen LogP contribution in [-0.4, -0.2) is 20.8 Å². The van der Waals surface area contributed by atoms with Crippen molar-refractivity contribution in [3.8, 4) is 11.5 Å². The van der Waals surface area contributed by atoms with Crippen LogP contribution < -0.4 is 14.8 Å². The van der Waals surface area contributed by atoms with Crippen molar-refractivity contribution in [2.75, 3.05) is 20.8 Å². The van der Waals surface area contributed by atoms with Crippen LogP contribution in [0.25, 0.3) is 0 Å². The third-order valence-corrected chi connectivity index (χ3v) is 4.93. The molecule has 3 nitrogen and oxygen atoms in total. The summed E-state index contributed by atoms with van der Waals surface area (Å²) in [5, 5.41) is 7.58. The minimum absolute atomic E-state index is 0.197. The van der Waals surface area contributed by atoms with Crippen LogP contribution in [0, 0.1) is 11.7 Å². The van der Waals surface area contributed by atoms with Gasteiger partial charge in [0.1, 0.15) is 17.3 Å². The van der Waals surface area contributed by atoms with Gasteiger partial charge >= 0.3 is 0 Å². The van der Waals surface area contributed by atoms with E-state index in [-0.39, 0.29) is 5.82 Å². The van der Waals surface area contributed by atoms with Crippen LogP contribution in [0.3, 0.4) is 0 Å². The van der Waals surface area contributed by atoms with E-state index in [0.29, 0.717) is 11.8 Å². The van der Waals surface area contributed by atoms with Crippen molar-refractivity contribution in [3.05, 3.63) is 45.9 Å². The first-order valence-electron chi connectivity index (χ1n) is 7.36. The first kappa shape index (κ1) is 15.3. The summed E-state index contributed by atoms with van der Waals surface area (Å²) in [6.45, 7) is 1.72. The molecular weight excluding hydrogens is 301 g/mol. The Hall–Kier alpha value is -1.59. The summed E-state index contributed by atoms with van der Waals surface area (Å²) in [5.41, 5.74) is 2.18. The monoisotopic (exact) mass is 321 g/mol. The topological polar surface area (TPSA) is 30.5 Å². The molecule has 2 aromatic rings. The number of rotatable bonds is 7. The van der Waals surface area contributed by atoms with E-state index in [1.807, 2.05) is 5.38 Å². The molecule has 2 atom stereocenters. The van der Waals surface area contributed by atoms with Gasteiger partial charge in [0.25, 0.3) is 0 Å². The molecular formula is C17H20FNO2S. The summed E-state index contributed by atoms with van der Waals surface area (Å²) >= 11 is 1.65. The highest BCUT2D eigenvalue weighted by Gasteiger charge is 2.39. The second-order valence-electron chi connectivity index (χ2n) is 5.58. The standard InChI is InChI=1S/C17H20FNO2S/c1-20-16-4-3-13(18)6-15(16)14-5-11(14)7-19-8-12-9-22-10-17(12)21-2/h3-4,6,9-11,14,19H,5,7-8H2,1-2H3. The van der Waals surface area contributed by atoms with Crippen molar-refractivity contribution >= 4 is 11.3 Å². The molecule has 0 amide bonds. The number of thiophene rings is 1. The van der Waals surface area contributed by atoms with E-state index < -0.39 is 0 Å². The second-order valence-corrected chi connectivity index (χ2v) is 6.33. The molecule has 1 aromatic carbocycles. The summed E-state index contributed by atoms with van der Waals surface area (Å²) in [6, 6.07) is 4.76. The molecule has 22 heavy (non-hydrogen) atoms. The van der Waals surface area contributed by atoms with Crippen LogP contribution in [-0.2, 0) is 6.54 Å². The molecule has 0 bridgehead atoms. The highest BCUT2D eigenvalue weighted by molar-refractivity contribution is 7.08. The lowest BCUT2D eigenvalue weighted by atomic mass is 10.1. The van der Waals surface area contributed by atoms with Crippen molar-refractivity contribution in [3.63, 3.8) is 0 Å². The highest BCUT2D eigenvalue weighted by Crippen LogP contribution is 2.50. The maximum Gasteiger partial charge on any atom is 0.134 e. The van der Waals surface area contributed by atoms with Gasteiger partial charge in [-0.3, -0.25) is 0 Å². The molecule has 0 spiro atoms. The van der Waals surface area contributed by atoms with E-state index in [9.17, 15) is 4.39 Å². The van der Waals surface area contributed by atoms with Gasteiger partial charge < -0.3 is 14.8 Å². The molecule has 1 fully saturated rings. The number of ether oxygens (including phenoxy) is 2. The van der Waals surface area contributed by atoms with Crippen molar-refractivity contribution in [1.82, 2.24) is 5.32 Å². The highest BCUT2D eigenvalue weighted by atomic mass is 32.1. The summed E-state index contributed by atoms with van der Waals surface area (Å²) < 4.78 is 24.1. The minimum atomic E-state index is -0.197. The largest absolute Gasteiger partial charge is 0.496 e. The lowest BCUT2D eigenvalue weighted by molar-refractivity contribution is 0.407. The van der Waals surface area contributed by atoms with Crippen molar-refractivity contribution < 1.29 is 13.9 Å². The van der Waals surface area contributed by atoms with Gasteiger partial charge in [0.2, 0.25) is 0 Å². The van der Waals surface area contributed by atoms with Crippen molar-refractivity contribution in [2.45, 2.75) is 18.9 Å². The van der Waals surface area contributed by atoms with Crippen LogP contribution in [0.1, 0.15) is 23.5 Å². The lowest BCUT2D eigenvalue weighted by Gasteiger charge is -2.09. The van der Waals surface area contributed by atoms with Crippen molar-refractivity contribution in [2.24, 2.45) is 5.92 Å². The zero-order valence-electron chi connectivity index (χ0n) is 12.8. The molecule has 0 aliphatic heterocycles. The zero-order valence-corrected chi connectivity index (χ0v) is 13.6. The van der Waals surface area contributed by atoms with Crippen molar-refractivity contribution in [1.29, 1.82) is 0 Å². The van der Waals surface area contributed by atoms with E-state index in [1.54, 1.807) is 37.7 Å². The first-order chi connectivity index (χ1) is 10.7. The average molecular weight is 321 g/mol. The average Bonchev–Trinajstić information content (AvgIpc) is 3.15. The normalized spacial score (nSPS) is 20.0. The number of halogens is 1. The van der Waals surface area contributed by atoms with Gasteiger partial charge in [-0.15, -0.1) is 11.3 Å². The van der Waals surface area contributed by atoms with Gasteiger partial charge in [-0.1, -0.05) is 0 Å². The Morgan fingerprint density at radius 2 is 2.05 bits per heavy atom. The van der Waals surface area contributed by atoms with Gasteiger partial charge in [-0.05, 0) is 48.4 Å². The number of nitrogens with one attached hydrogen (secondary N) is 1.